The number of hydrogen-bond acceptors (Lipinski definition) is 2. The summed E-state index contributed by atoms with van der Waals surface area (Å²) in [6.45, 7) is 10.6. The molecule has 0 heterocycles. The maximum atomic E-state index is 8.89. The predicted molar refractivity (Wildman–Crippen MR) is 56.4 cm³/mol. The highest BCUT2D eigenvalue weighted by molar-refractivity contribution is 4.93. The average Bonchev–Trinajstić information content (AvgIpc) is 1.95. The molecule has 76 valence electrons. The van der Waals surface area contributed by atoms with Gasteiger partial charge in [0.25, 0.3) is 0 Å². The molecule has 0 aliphatic rings. The van der Waals surface area contributed by atoms with Gasteiger partial charge in [0.05, 0.1) is 12.1 Å². The summed E-state index contributed by atoms with van der Waals surface area (Å²) in [4.78, 5) is 0. The van der Waals surface area contributed by atoms with Crippen molar-refractivity contribution in [2.24, 2.45) is 5.92 Å². The van der Waals surface area contributed by atoms with Crippen molar-refractivity contribution in [3.05, 3.63) is 0 Å². The van der Waals surface area contributed by atoms with Crippen molar-refractivity contribution in [3.63, 3.8) is 0 Å². The van der Waals surface area contributed by atoms with Gasteiger partial charge in [0, 0.05) is 5.54 Å². The first-order valence-corrected chi connectivity index (χ1v) is 5.02. The lowest BCUT2D eigenvalue weighted by atomic mass is 10.0. The van der Waals surface area contributed by atoms with Crippen LogP contribution in [0.2, 0.25) is 0 Å². The van der Waals surface area contributed by atoms with Gasteiger partial charge in [-0.25, -0.2) is 0 Å². The molecule has 0 aliphatic heterocycles. The third-order valence-electron chi connectivity index (χ3n) is 1.80. The van der Waals surface area contributed by atoms with Crippen LogP contribution in [0.1, 0.15) is 47.5 Å². The van der Waals surface area contributed by atoms with Gasteiger partial charge in [-0.3, -0.25) is 5.32 Å². The molecule has 0 aromatic carbocycles. The molecule has 0 aromatic rings. The molecule has 0 rings (SSSR count). The number of nitrogens with one attached hydrogen (secondary N) is 1. The quantitative estimate of drug-likeness (QED) is 0.725. The minimum absolute atomic E-state index is 0.00222. The van der Waals surface area contributed by atoms with Crippen LogP contribution < -0.4 is 5.32 Å². The van der Waals surface area contributed by atoms with E-state index in [4.69, 9.17) is 5.26 Å². The van der Waals surface area contributed by atoms with Crippen molar-refractivity contribution in [3.8, 4) is 6.07 Å². The van der Waals surface area contributed by atoms with Gasteiger partial charge < -0.3 is 0 Å². The van der Waals surface area contributed by atoms with E-state index in [9.17, 15) is 0 Å². The number of nitrogens with zero attached hydrogens (tertiary/aromatic N) is 1. The second-order valence-electron chi connectivity index (χ2n) is 5.05. The molecule has 2 heteroatoms. The standard InChI is InChI=1S/C11H22N2/c1-9(2)6-7-10(8-12)13-11(3,4)5/h9-10,13H,6-7H2,1-5H3. The molecule has 13 heavy (non-hydrogen) atoms. The van der Waals surface area contributed by atoms with E-state index < -0.39 is 0 Å². The van der Waals surface area contributed by atoms with Gasteiger partial charge in [-0.05, 0) is 39.5 Å². The molecule has 0 saturated carbocycles. The minimum atomic E-state index is 0.00222. The summed E-state index contributed by atoms with van der Waals surface area (Å²) in [6, 6.07) is 2.31. The smallest absolute Gasteiger partial charge is 0.0957 e. The first-order chi connectivity index (χ1) is 5.85. The molecular formula is C11H22N2. The second-order valence-corrected chi connectivity index (χ2v) is 5.05. The Labute approximate surface area is 82.3 Å². The van der Waals surface area contributed by atoms with E-state index in [1.54, 1.807) is 0 Å². The van der Waals surface area contributed by atoms with Crippen molar-refractivity contribution in [2.75, 3.05) is 0 Å². The summed E-state index contributed by atoms with van der Waals surface area (Å²) < 4.78 is 0. The van der Waals surface area contributed by atoms with Gasteiger partial charge in [-0.2, -0.15) is 5.26 Å². The van der Waals surface area contributed by atoms with Gasteiger partial charge >= 0.3 is 0 Å². The number of hydrogen-bond donors (Lipinski definition) is 1. The van der Waals surface area contributed by atoms with E-state index in [-0.39, 0.29) is 11.6 Å². The van der Waals surface area contributed by atoms with Crippen LogP contribution in [-0.2, 0) is 0 Å². The molecule has 0 fully saturated rings. The molecule has 0 saturated heterocycles. The lowest BCUT2D eigenvalue weighted by Crippen LogP contribution is -2.43. The van der Waals surface area contributed by atoms with Crippen LogP contribution in [0.15, 0.2) is 0 Å². The lowest BCUT2D eigenvalue weighted by Gasteiger charge is -2.24. The van der Waals surface area contributed by atoms with Crippen LogP contribution in [0, 0.1) is 17.2 Å². The fourth-order valence-corrected chi connectivity index (χ4v) is 1.19. The zero-order valence-corrected chi connectivity index (χ0v) is 9.52. The highest BCUT2D eigenvalue weighted by Gasteiger charge is 2.16. The Hall–Kier alpha value is -0.550. The molecular weight excluding hydrogens is 160 g/mol. The monoisotopic (exact) mass is 182 g/mol. The van der Waals surface area contributed by atoms with Crippen LogP contribution >= 0.6 is 0 Å². The Morgan fingerprint density at radius 2 is 1.77 bits per heavy atom. The van der Waals surface area contributed by atoms with Crippen molar-refractivity contribution in [1.82, 2.24) is 5.32 Å². The Morgan fingerprint density at radius 3 is 2.08 bits per heavy atom. The Bertz CT molecular complexity index is 172. The molecule has 0 aliphatic carbocycles. The molecule has 0 radical (unpaired) electrons. The summed E-state index contributed by atoms with van der Waals surface area (Å²) in [5.74, 6) is 0.678. The maximum Gasteiger partial charge on any atom is 0.0957 e. The molecule has 1 atom stereocenters. The Kier molecular flexibility index (Phi) is 5.02. The van der Waals surface area contributed by atoms with Gasteiger partial charge in [0.15, 0.2) is 0 Å². The van der Waals surface area contributed by atoms with Crippen LogP contribution in [0.25, 0.3) is 0 Å². The number of rotatable bonds is 4. The summed E-state index contributed by atoms with van der Waals surface area (Å²) in [5.41, 5.74) is 0.0391. The van der Waals surface area contributed by atoms with Crippen molar-refractivity contribution >= 4 is 0 Å². The van der Waals surface area contributed by atoms with Crippen LogP contribution in [-0.4, -0.2) is 11.6 Å². The van der Waals surface area contributed by atoms with E-state index in [2.05, 4.69) is 46.0 Å². The largest absolute Gasteiger partial charge is 0.297 e. The molecule has 0 spiro atoms. The average molecular weight is 182 g/mol. The Morgan fingerprint density at radius 1 is 1.23 bits per heavy atom. The SMILES string of the molecule is CC(C)CCC(C#N)NC(C)(C)C. The van der Waals surface area contributed by atoms with Crippen LogP contribution in [0.3, 0.4) is 0 Å². The molecule has 2 nitrogen and oxygen atoms in total. The van der Waals surface area contributed by atoms with Gasteiger partial charge in [0.2, 0.25) is 0 Å². The summed E-state index contributed by atoms with van der Waals surface area (Å²) in [7, 11) is 0. The fourth-order valence-electron chi connectivity index (χ4n) is 1.19. The molecule has 0 bridgehead atoms. The fraction of sp³-hybridized carbons (Fsp3) is 0.909. The zero-order chi connectivity index (χ0) is 10.5. The van der Waals surface area contributed by atoms with E-state index in [1.165, 1.54) is 0 Å². The van der Waals surface area contributed by atoms with E-state index in [0.29, 0.717) is 5.92 Å². The van der Waals surface area contributed by atoms with Crippen LogP contribution in [0.4, 0.5) is 0 Å². The molecule has 0 amide bonds. The van der Waals surface area contributed by atoms with Crippen molar-refractivity contribution in [1.29, 1.82) is 5.26 Å². The first kappa shape index (κ1) is 12.4. The minimum Gasteiger partial charge on any atom is -0.297 e. The van der Waals surface area contributed by atoms with Crippen molar-refractivity contribution < 1.29 is 0 Å². The highest BCUT2D eigenvalue weighted by Crippen LogP contribution is 2.09. The summed E-state index contributed by atoms with van der Waals surface area (Å²) in [6.07, 6.45) is 2.06. The lowest BCUT2D eigenvalue weighted by molar-refractivity contribution is 0.369. The van der Waals surface area contributed by atoms with E-state index in [0.717, 1.165) is 12.8 Å². The topological polar surface area (TPSA) is 35.8 Å². The maximum absolute atomic E-state index is 8.89. The second kappa shape index (κ2) is 5.24. The Balaban J connectivity index is 3.86. The predicted octanol–water partition coefficient (Wildman–Crippen LogP) is 2.70. The molecule has 1 unspecified atom stereocenters. The molecule has 0 aromatic heterocycles. The van der Waals surface area contributed by atoms with Crippen molar-refractivity contribution in [2.45, 2.75) is 59.0 Å². The van der Waals surface area contributed by atoms with Gasteiger partial charge in [-0.1, -0.05) is 13.8 Å². The highest BCUT2D eigenvalue weighted by atomic mass is 15.0. The van der Waals surface area contributed by atoms with Crippen LogP contribution in [0.5, 0.6) is 0 Å². The molecule has 1 N–H and O–H groups in total. The first-order valence-electron chi connectivity index (χ1n) is 5.02. The third-order valence-corrected chi connectivity index (χ3v) is 1.80. The normalized spacial score (nSPS) is 14.2. The van der Waals surface area contributed by atoms with Gasteiger partial charge in [-0.15, -0.1) is 0 Å². The summed E-state index contributed by atoms with van der Waals surface area (Å²) >= 11 is 0. The number of nitriles is 1. The van der Waals surface area contributed by atoms with Gasteiger partial charge in [0.1, 0.15) is 0 Å². The van der Waals surface area contributed by atoms with E-state index >= 15 is 0 Å². The third kappa shape index (κ3) is 7.80. The zero-order valence-electron chi connectivity index (χ0n) is 9.52. The summed E-state index contributed by atoms with van der Waals surface area (Å²) in [5, 5.41) is 12.2. The van der Waals surface area contributed by atoms with E-state index in [1.807, 2.05) is 0 Å².